The molecule has 0 bridgehead atoms. The second kappa shape index (κ2) is 12.2. The lowest BCUT2D eigenvalue weighted by atomic mass is 10.2. The Morgan fingerprint density at radius 2 is 1.58 bits per heavy atom. The first kappa shape index (κ1) is 29.1. The maximum Gasteiger partial charge on any atom is 0.307 e. The van der Waals surface area contributed by atoms with Gasteiger partial charge in [-0.2, -0.15) is 5.10 Å². The Hall–Kier alpha value is -5.36. The predicted octanol–water partition coefficient (Wildman–Crippen LogP) is 5.11. The van der Waals surface area contributed by atoms with Crippen molar-refractivity contribution in [1.29, 1.82) is 0 Å². The van der Waals surface area contributed by atoms with Crippen LogP contribution < -0.4 is 14.9 Å². The van der Waals surface area contributed by atoms with Crippen molar-refractivity contribution < 1.29 is 31.6 Å². The predicted molar refractivity (Wildman–Crippen MR) is 158 cm³/mol. The van der Waals surface area contributed by atoms with Gasteiger partial charge in [0.2, 0.25) is 5.91 Å². The Labute approximate surface area is 247 Å². The summed E-state index contributed by atoms with van der Waals surface area (Å²) in [5.41, 5.74) is 6.33. The molecular weight excluding hydrogens is 572 g/mol. The minimum absolute atomic E-state index is 0.0532. The van der Waals surface area contributed by atoms with E-state index in [1.54, 1.807) is 30.3 Å². The summed E-state index contributed by atoms with van der Waals surface area (Å²) < 4.78 is 45.4. The number of nitrogens with one attached hydrogen (secondary N) is 2. The van der Waals surface area contributed by atoms with E-state index in [1.807, 2.05) is 29.0 Å². The van der Waals surface area contributed by atoms with Crippen molar-refractivity contribution in [3.05, 3.63) is 114 Å². The van der Waals surface area contributed by atoms with Gasteiger partial charge in [0.15, 0.2) is 5.76 Å². The van der Waals surface area contributed by atoms with Gasteiger partial charge in [-0.05, 0) is 98.8 Å². The first-order chi connectivity index (χ1) is 20.6. The highest BCUT2D eigenvalue weighted by atomic mass is 32.2. The van der Waals surface area contributed by atoms with Crippen molar-refractivity contribution in [2.45, 2.75) is 32.3 Å². The molecule has 0 aliphatic carbocycles. The second-order valence-corrected chi connectivity index (χ2v) is 11.3. The van der Waals surface area contributed by atoms with Crippen LogP contribution in [0.1, 0.15) is 40.4 Å². The molecule has 0 spiro atoms. The van der Waals surface area contributed by atoms with Crippen molar-refractivity contribution in [1.82, 2.24) is 14.7 Å². The van der Waals surface area contributed by atoms with E-state index in [-0.39, 0.29) is 17.3 Å². The van der Waals surface area contributed by atoms with Gasteiger partial charge in [-0.1, -0.05) is 0 Å². The highest BCUT2D eigenvalue weighted by Crippen LogP contribution is 2.24. The minimum atomic E-state index is -3.93. The van der Waals surface area contributed by atoms with Crippen LogP contribution in [0.2, 0.25) is 0 Å². The van der Waals surface area contributed by atoms with E-state index in [9.17, 15) is 18.0 Å². The Kier molecular flexibility index (Phi) is 8.30. The molecule has 220 valence electrons. The standard InChI is InChI=1S/C31H28N4O7S/c1-20-4-5-21(2)35(20)24-8-10-25(11-9-24)40-19-27-13-17-30(42-27)31(37)33-32-18-26-12-16-29(41-26)23-6-14-28(15-7-23)43(38,39)34-22(3)36/h4-18H,19H2,1-3H3,(H,33,37)(H,34,36)/b32-18+. The molecule has 11 nitrogen and oxygen atoms in total. The molecule has 0 unspecified atom stereocenters. The van der Waals surface area contributed by atoms with Crippen LogP contribution in [0.25, 0.3) is 17.0 Å². The number of furan rings is 2. The summed E-state index contributed by atoms with van der Waals surface area (Å²) in [7, 11) is -3.93. The highest BCUT2D eigenvalue weighted by molar-refractivity contribution is 7.90. The number of aromatic nitrogens is 1. The van der Waals surface area contributed by atoms with Crippen LogP contribution in [0.3, 0.4) is 0 Å². The average Bonchev–Trinajstić information content (AvgIpc) is 3.72. The summed E-state index contributed by atoms with van der Waals surface area (Å²) in [5, 5.41) is 3.91. The average molecular weight is 601 g/mol. The quantitative estimate of drug-likeness (QED) is 0.167. The van der Waals surface area contributed by atoms with Crippen molar-refractivity contribution in [3.8, 4) is 22.8 Å². The van der Waals surface area contributed by atoms with Crippen molar-refractivity contribution in [2.24, 2.45) is 5.10 Å². The Morgan fingerprint density at radius 3 is 2.26 bits per heavy atom. The zero-order chi connectivity index (χ0) is 30.6. The van der Waals surface area contributed by atoms with Crippen LogP contribution in [0.4, 0.5) is 0 Å². The summed E-state index contributed by atoms with van der Waals surface area (Å²) in [5.74, 6) is 0.794. The van der Waals surface area contributed by atoms with Crippen LogP contribution in [0.15, 0.2) is 104 Å². The molecule has 0 saturated heterocycles. The number of hydrazone groups is 1. The molecule has 0 aliphatic rings. The number of carbonyl (C=O) groups is 2. The number of benzene rings is 2. The van der Waals surface area contributed by atoms with Crippen LogP contribution in [0.5, 0.6) is 5.75 Å². The third-order valence-corrected chi connectivity index (χ3v) is 7.79. The zero-order valence-electron chi connectivity index (χ0n) is 23.5. The SMILES string of the molecule is CC(=O)NS(=O)(=O)c1ccc(-c2ccc(/C=N/NC(=O)c3ccc(COc4ccc(-n5c(C)ccc5C)cc4)o3)o2)cc1. The molecule has 3 heterocycles. The van der Waals surface area contributed by atoms with E-state index in [2.05, 4.69) is 41.1 Å². The van der Waals surface area contributed by atoms with E-state index in [1.165, 1.54) is 24.4 Å². The molecule has 5 rings (SSSR count). The number of rotatable bonds is 10. The second-order valence-electron chi connectivity index (χ2n) is 9.59. The summed E-state index contributed by atoms with van der Waals surface area (Å²) in [4.78, 5) is 23.5. The third-order valence-electron chi connectivity index (χ3n) is 6.34. The number of hydrogen-bond donors (Lipinski definition) is 2. The largest absolute Gasteiger partial charge is 0.486 e. The Balaban J connectivity index is 1.13. The van der Waals surface area contributed by atoms with Crippen LogP contribution in [-0.2, 0) is 21.4 Å². The summed E-state index contributed by atoms with van der Waals surface area (Å²) in [6.07, 6.45) is 1.32. The van der Waals surface area contributed by atoms with Gasteiger partial charge >= 0.3 is 5.91 Å². The van der Waals surface area contributed by atoms with Crippen molar-refractivity contribution >= 4 is 28.1 Å². The molecule has 2 N–H and O–H groups in total. The van der Waals surface area contributed by atoms with Gasteiger partial charge in [-0.15, -0.1) is 0 Å². The zero-order valence-corrected chi connectivity index (χ0v) is 24.3. The summed E-state index contributed by atoms with van der Waals surface area (Å²) in [6, 6.07) is 24.2. The van der Waals surface area contributed by atoms with Gasteiger partial charge < -0.3 is 18.1 Å². The molecule has 12 heteroatoms. The normalized spacial score (nSPS) is 11.5. The topological polar surface area (TPSA) is 145 Å². The van der Waals surface area contributed by atoms with Gasteiger partial charge in [0.05, 0.1) is 11.1 Å². The fourth-order valence-corrected chi connectivity index (χ4v) is 5.32. The van der Waals surface area contributed by atoms with Gasteiger partial charge in [-0.3, -0.25) is 9.59 Å². The van der Waals surface area contributed by atoms with Gasteiger partial charge in [0, 0.05) is 29.6 Å². The summed E-state index contributed by atoms with van der Waals surface area (Å²) in [6.45, 7) is 5.38. The van der Waals surface area contributed by atoms with Gasteiger partial charge in [-0.25, -0.2) is 18.6 Å². The highest BCUT2D eigenvalue weighted by Gasteiger charge is 2.16. The minimum Gasteiger partial charge on any atom is -0.486 e. The van der Waals surface area contributed by atoms with E-state index in [4.69, 9.17) is 13.6 Å². The molecule has 5 aromatic rings. The molecule has 0 aliphatic heterocycles. The first-order valence-electron chi connectivity index (χ1n) is 13.1. The molecule has 0 saturated carbocycles. The molecule has 0 fully saturated rings. The first-order valence-corrected chi connectivity index (χ1v) is 14.6. The van der Waals surface area contributed by atoms with Gasteiger partial charge in [0.25, 0.3) is 10.0 Å². The van der Waals surface area contributed by atoms with E-state index >= 15 is 0 Å². The molecule has 2 amide bonds. The Morgan fingerprint density at radius 1 is 0.884 bits per heavy atom. The number of hydrogen-bond acceptors (Lipinski definition) is 8. The summed E-state index contributed by atoms with van der Waals surface area (Å²) >= 11 is 0. The van der Waals surface area contributed by atoms with Gasteiger partial charge in [0.1, 0.15) is 29.6 Å². The molecule has 0 atom stereocenters. The van der Waals surface area contributed by atoms with Crippen molar-refractivity contribution in [2.75, 3.05) is 0 Å². The van der Waals surface area contributed by atoms with E-state index in [0.29, 0.717) is 28.6 Å². The van der Waals surface area contributed by atoms with E-state index < -0.39 is 21.8 Å². The lowest BCUT2D eigenvalue weighted by Crippen LogP contribution is -2.28. The molecule has 0 radical (unpaired) electrons. The van der Waals surface area contributed by atoms with Crippen LogP contribution in [-0.4, -0.2) is 31.0 Å². The maximum atomic E-state index is 12.5. The molecule has 3 aromatic heterocycles. The number of nitrogens with zero attached hydrogens (tertiary/aromatic N) is 2. The fraction of sp³-hybridized carbons (Fsp3) is 0.129. The van der Waals surface area contributed by atoms with E-state index in [0.717, 1.165) is 24.0 Å². The molecular formula is C31H28N4O7S. The monoisotopic (exact) mass is 600 g/mol. The number of aryl methyl sites for hydroxylation is 2. The molecule has 2 aromatic carbocycles. The third kappa shape index (κ3) is 6.93. The molecule has 43 heavy (non-hydrogen) atoms. The van der Waals surface area contributed by atoms with Crippen LogP contribution >= 0.6 is 0 Å². The number of sulfonamides is 1. The number of ether oxygens (including phenoxy) is 1. The van der Waals surface area contributed by atoms with Crippen LogP contribution in [0, 0.1) is 13.8 Å². The number of amides is 2. The smallest absolute Gasteiger partial charge is 0.307 e. The maximum absolute atomic E-state index is 12.5. The van der Waals surface area contributed by atoms with Crippen molar-refractivity contribution in [3.63, 3.8) is 0 Å². The Bertz CT molecular complexity index is 1880. The lowest BCUT2D eigenvalue weighted by molar-refractivity contribution is -0.117. The lowest BCUT2D eigenvalue weighted by Gasteiger charge is -2.10. The number of carbonyl (C=O) groups excluding carboxylic acids is 2. The fourth-order valence-electron chi connectivity index (χ4n) is 4.33.